The molecule has 0 bridgehead atoms. The summed E-state index contributed by atoms with van der Waals surface area (Å²) in [6, 6.07) is 5.75. The highest BCUT2D eigenvalue weighted by atomic mass is 16.5. The van der Waals surface area contributed by atoms with Crippen molar-refractivity contribution in [3.8, 4) is 11.4 Å². The Balaban J connectivity index is 2.71. The van der Waals surface area contributed by atoms with Crippen molar-refractivity contribution in [1.29, 1.82) is 0 Å². The molecule has 1 heterocycles. The minimum absolute atomic E-state index is 0.123. The first-order valence-electron chi connectivity index (χ1n) is 6.63. The van der Waals surface area contributed by atoms with Gasteiger partial charge >= 0.3 is 5.97 Å². The lowest BCUT2D eigenvalue weighted by Gasteiger charge is -2.14. The van der Waals surface area contributed by atoms with Crippen LogP contribution in [-0.4, -0.2) is 29.7 Å². The van der Waals surface area contributed by atoms with Gasteiger partial charge in [0, 0.05) is 6.42 Å². The van der Waals surface area contributed by atoms with Gasteiger partial charge in [-0.15, -0.1) is 0 Å². The maximum absolute atomic E-state index is 11.8. The second-order valence-electron chi connectivity index (χ2n) is 4.62. The number of anilines is 1. The van der Waals surface area contributed by atoms with Crippen molar-refractivity contribution in [1.82, 2.24) is 9.55 Å². The number of aryl methyl sites for hydroxylation is 2. The zero-order valence-corrected chi connectivity index (χ0v) is 12.6. The number of rotatable bonds is 4. The van der Waals surface area contributed by atoms with Crippen molar-refractivity contribution in [3.63, 3.8) is 0 Å². The molecule has 2 rings (SSSR count). The molecule has 0 aliphatic carbocycles. The van der Waals surface area contributed by atoms with E-state index in [2.05, 4.69) is 4.98 Å². The van der Waals surface area contributed by atoms with Gasteiger partial charge in [0.2, 0.25) is 0 Å². The normalized spacial score (nSPS) is 10.5. The smallest absolute Gasteiger partial charge is 0.360 e. The number of aromatic nitrogens is 2. The molecule has 0 fully saturated rings. The first-order chi connectivity index (χ1) is 10.0. The van der Waals surface area contributed by atoms with Crippen molar-refractivity contribution in [2.24, 2.45) is 0 Å². The van der Waals surface area contributed by atoms with Gasteiger partial charge in [0.05, 0.1) is 19.9 Å². The maximum atomic E-state index is 11.8. The van der Waals surface area contributed by atoms with Crippen LogP contribution in [0.4, 0.5) is 5.82 Å². The Kier molecular flexibility index (Phi) is 4.16. The number of esters is 1. The van der Waals surface area contributed by atoms with Crippen LogP contribution in [0.1, 0.15) is 28.8 Å². The van der Waals surface area contributed by atoms with E-state index in [9.17, 15) is 4.79 Å². The third-order valence-corrected chi connectivity index (χ3v) is 3.25. The van der Waals surface area contributed by atoms with E-state index in [1.165, 1.54) is 7.11 Å². The van der Waals surface area contributed by atoms with Crippen LogP contribution in [0.5, 0.6) is 5.75 Å². The highest BCUT2D eigenvalue weighted by Gasteiger charge is 2.22. The number of imidazole rings is 1. The van der Waals surface area contributed by atoms with Crippen LogP contribution in [0, 0.1) is 6.92 Å². The monoisotopic (exact) mass is 289 g/mol. The zero-order valence-electron chi connectivity index (χ0n) is 12.6. The lowest BCUT2D eigenvalue weighted by molar-refractivity contribution is 0.0595. The summed E-state index contributed by atoms with van der Waals surface area (Å²) in [7, 11) is 2.90. The highest BCUT2D eigenvalue weighted by molar-refractivity contribution is 5.92. The summed E-state index contributed by atoms with van der Waals surface area (Å²) in [4.78, 5) is 16.0. The van der Waals surface area contributed by atoms with E-state index in [0.29, 0.717) is 18.0 Å². The van der Waals surface area contributed by atoms with Gasteiger partial charge in [-0.3, -0.25) is 4.57 Å². The van der Waals surface area contributed by atoms with Gasteiger partial charge in [0.1, 0.15) is 17.4 Å². The fraction of sp³-hybridized carbons (Fsp3) is 0.333. The number of nitrogens with two attached hydrogens (primary N) is 1. The predicted molar refractivity (Wildman–Crippen MR) is 80.0 cm³/mol. The van der Waals surface area contributed by atoms with Crippen LogP contribution in [0.25, 0.3) is 5.69 Å². The second-order valence-corrected chi connectivity index (χ2v) is 4.62. The molecule has 0 saturated carbocycles. The van der Waals surface area contributed by atoms with Gasteiger partial charge in [-0.1, -0.05) is 13.0 Å². The average Bonchev–Trinajstić information content (AvgIpc) is 2.83. The Morgan fingerprint density at radius 2 is 2.10 bits per heavy atom. The molecule has 2 aromatic rings. The molecule has 6 heteroatoms. The van der Waals surface area contributed by atoms with E-state index in [-0.39, 0.29) is 11.5 Å². The molecule has 0 aliphatic rings. The molecule has 0 radical (unpaired) electrons. The maximum Gasteiger partial charge on any atom is 0.360 e. The number of carbonyl (C=O) groups excluding carboxylic acids is 1. The largest absolute Gasteiger partial charge is 0.495 e. The lowest BCUT2D eigenvalue weighted by Crippen LogP contribution is -2.09. The molecule has 1 aromatic carbocycles. The number of methoxy groups -OCH3 is 2. The van der Waals surface area contributed by atoms with Crippen LogP contribution in [0.2, 0.25) is 0 Å². The Hall–Kier alpha value is -2.50. The SMILES string of the molecule is CCc1nc(C(=O)OC)c(N)n1-c1cc(C)ccc1OC. The number of hydrogen-bond acceptors (Lipinski definition) is 5. The Labute approximate surface area is 123 Å². The summed E-state index contributed by atoms with van der Waals surface area (Å²) in [5, 5.41) is 0. The third kappa shape index (κ3) is 2.56. The number of nitrogen functional groups attached to an aromatic ring is 1. The van der Waals surface area contributed by atoms with E-state index < -0.39 is 5.97 Å². The van der Waals surface area contributed by atoms with Crippen LogP contribution >= 0.6 is 0 Å². The van der Waals surface area contributed by atoms with Gasteiger partial charge in [-0.25, -0.2) is 9.78 Å². The summed E-state index contributed by atoms with van der Waals surface area (Å²) < 4.78 is 11.8. The van der Waals surface area contributed by atoms with E-state index in [0.717, 1.165) is 11.3 Å². The molecule has 112 valence electrons. The van der Waals surface area contributed by atoms with Crippen molar-refractivity contribution < 1.29 is 14.3 Å². The van der Waals surface area contributed by atoms with Gasteiger partial charge in [0.25, 0.3) is 0 Å². The molecule has 0 saturated heterocycles. The Morgan fingerprint density at radius 3 is 2.67 bits per heavy atom. The van der Waals surface area contributed by atoms with Crippen molar-refractivity contribution in [3.05, 3.63) is 35.3 Å². The minimum atomic E-state index is -0.549. The summed E-state index contributed by atoms with van der Waals surface area (Å²) in [6.45, 7) is 3.92. The van der Waals surface area contributed by atoms with Crippen molar-refractivity contribution in [2.45, 2.75) is 20.3 Å². The fourth-order valence-corrected chi connectivity index (χ4v) is 2.21. The van der Waals surface area contributed by atoms with Gasteiger partial charge in [-0.05, 0) is 24.6 Å². The van der Waals surface area contributed by atoms with E-state index in [1.54, 1.807) is 11.7 Å². The lowest BCUT2D eigenvalue weighted by atomic mass is 10.2. The third-order valence-electron chi connectivity index (χ3n) is 3.25. The first-order valence-corrected chi connectivity index (χ1v) is 6.63. The number of benzene rings is 1. The summed E-state index contributed by atoms with van der Waals surface area (Å²) in [6.07, 6.45) is 0.623. The molecule has 1 aromatic heterocycles. The molecule has 0 atom stereocenters. The van der Waals surface area contributed by atoms with Crippen LogP contribution in [0.3, 0.4) is 0 Å². The van der Waals surface area contributed by atoms with Gasteiger partial charge in [-0.2, -0.15) is 0 Å². The molecular weight excluding hydrogens is 270 g/mol. The molecule has 6 nitrogen and oxygen atoms in total. The second kappa shape index (κ2) is 5.87. The fourth-order valence-electron chi connectivity index (χ4n) is 2.21. The van der Waals surface area contributed by atoms with Crippen molar-refractivity contribution in [2.75, 3.05) is 20.0 Å². The van der Waals surface area contributed by atoms with Gasteiger partial charge in [0.15, 0.2) is 5.69 Å². The predicted octanol–water partition coefficient (Wildman–Crippen LogP) is 2.12. The number of hydrogen-bond donors (Lipinski definition) is 1. The van der Waals surface area contributed by atoms with Crippen LogP contribution < -0.4 is 10.5 Å². The van der Waals surface area contributed by atoms with E-state index in [1.807, 2.05) is 32.0 Å². The number of carbonyl (C=O) groups is 1. The molecule has 2 N–H and O–H groups in total. The van der Waals surface area contributed by atoms with Crippen LogP contribution in [0.15, 0.2) is 18.2 Å². The molecule has 0 spiro atoms. The quantitative estimate of drug-likeness (QED) is 0.872. The van der Waals surface area contributed by atoms with E-state index >= 15 is 0 Å². The Bertz CT molecular complexity index is 677. The average molecular weight is 289 g/mol. The summed E-state index contributed by atoms with van der Waals surface area (Å²) in [5.74, 6) is 1.04. The molecule has 0 unspecified atom stereocenters. The molecular formula is C15H19N3O3. The van der Waals surface area contributed by atoms with Crippen LogP contribution in [-0.2, 0) is 11.2 Å². The standard InChI is InChI=1S/C15H19N3O3/c1-5-12-17-13(15(19)21-4)14(16)18(12)10-8-9(2)6-7-11(10)20-3/h6-8H,5,16H2,1-4H3. The summed E-state index contributed by atoms with van der Waals surface area (Å²) >= 11 is 0. The van der Waals surface area contributed by atoms with Crippen molar-refractivity contribution >= 4 is 11.8 Å². The number of ether oxygens (including phenoxy) is 2. The topological polar surface area (TPSA) is 79.4 Å². The van der Waals surface area contributed by atoms with Gasteiger partial charge < -0.3 is 15.2 Å². The molecule has 21 heavy (non-hydrogen) atoms. The molecule has 0 amide bonds. The molecule has 0 aliphatic heterocycles. The summed E-state index contributed by atoms with van der Waals surface area (Å²) in [5.41, 5.74) is 8.04. The first kappa shape index (κ1) is 14.9. The van der Waals surface area contributed by atoms with E-state index in [4.69, 9.17) is 15.2 Å². The number of nitrogens with zero attached hydrogens (tertiary/aromatic N) is 2. The zero-order chi connectivity index (χ0) is 15.6. The minimum Gasteiger partial charge on any atom is -0.495 e. The highest BCUT2D eigenvalue weighted by Crippen LogP contribution is 2.29. The Morgan fingerprint density at radius 1 is 1.38 bits per heavy atom.